The lowest BCUT2D eigenvalue weighted by molar-refractivity contribution is -0.119. The molecule has 0 fully saturated rings. The van der Waals surface area contributed by atoms with Gasteiger partial charge in [-0.05, 0) is 12.1 Å². The van der Waals surface area contributed by atoms with Gasteiger partial charge in [-0.15, -0.1) is 11.3 Å². The summed E-state index contributed by atoms with van der Waals surface area (Å²) in [5, 5.41) is 8.06. The predicted molar refractivity (Wildman–Crippen MR) is 88.5 cm³/mol. The molecule has 0 radical (unpaired) electrons. The Hall–Kier alpha value is -2.23. The van der Waals surface area contributed by atoms with E-state index < -0.39 is 0 Å². The van der Waals surface area contributed by atoms with Crippen molar-refractivity contribution in [1.29, 1.82) is 0 Å². The Balaban J connectivity index is 1.91. The van der Waals surface area contributed by atoms with Gasteiger partial charge < -0.3 is 25.5 Å². The molecule has 1 unspecified atom stereocenters. The second kappa shape index (κ2) is 8.42. The molecule has 0 aliphatic heterocycles. The first-order valence-electron chi connectivity index (χ1n) is 6.92. The Kier molecular flexibility index (Phi) is 6.27. The third-order valence-electron chi connectivity index (χ3n) is 2.81. The topological polar surface area (TPSA) is 115 Å². The van der Waals surface area contributed by atoms with Crippen LogP contribution >= 0.6 is 11.3 Å². The quantitative estimate of drug-likeness (QED) is 0.379. The Morgan fingerprint density at radius 3 is 3.17 bits per heavy atom. The normalized spacial score (nSPS) is 12.5. The summed E-state index contributed by atoms with van der Waals surface area (Å²) >= 11 is 1.40. The Morgan fingerprint density at radius 1 is 1.61 bits per heavy atom. The number of carbonyl (C=O) groups is 1. The number of hydrogen-bond donors (Lipinski definition) is 3. The van der Waals surface area contributed by atoms with Crippen molar-refractivity contribution in [3.05, 3.63) is 23.3 Å². The van der Waals surface area contributed by atoms with Crippen LogP contribution in [0.2, 0.25) is 0 Å². The van der Waals surface area contributed by atoms with E-state index in [1.54, 1.807) is 13.2 Å². The Labute approximate surface area is 137 Å². The van der Waals surface area contributed by atoms with E-state index in [9.17, 15) is 4.79 Å². The number of amides is 1. The molecule has 0 aliphatic rings. The van der Waals surface area contributed by atoms with E-state index in [1.165, 1.54) is 24.6 Å². The molecule has 0 bridgehead atoms. The van der Waals surface area contributed by atoms with Crippen molar-refractivity contribution in [1.82, 2.24) is 15.6 Å². The van der Waals surface area contributed by atoms with E-state index >= 15 is 0 Å². The van der Waals surface area contributed by atoms with Crippen LogP contribution in [0.25, 0.3) is 11.5 Å². The molecular formula is C14H19N5O3S. The molecule has 1 atom stereocenters. The van der Waals surface area contributed by atoms with E-state index in [0.717, 1.165) is 0 Å². The molecule has 9 heteroatoms. The van der Waals surface area contributed by atoms with E-state index in [4.69, 9.17) is 14.9 Å². The molecule has 2 rings (SSSR count). The van der Waals surface area contributed by atoms with Gasteiger partial charge in [-0.25, -0.2) is 9.98 Å². The van der Waals surface area contributed by atoms with E-state index in [-0.39, 0.29) is 12.1 Å². The van der Waals surface area contributed by atoms with Crippen molar-refractivity contribution in [3.8, 4) is 11.5 Å². The summed E-state index contributed by atoms with van der Waals surface area (Å²) < 4.78 is 10.5. The maximum Gasteiger partial charge on any atom is 0.217 e. The number of nitrogens with one attached hydrogen (secondary N) is 2. The second-order valence-electron chi connectivity index (χ2n) is 4.63. The van der Waals surface area contributed by atoms with Gasteiger partial charge in [-0.1, -0.05) is 0 Å². The lowest BCUT2D eigenvalue weighted by atomic mass is 10.3. The molecule has 1 amide bonds. The van der Waals surface area contributed by atoms with Crippen LogP contribution in [-0.4, -0.2) is 37.1 Å². The molecule has 0 aliphatic carbocycles. The van der Waals surface area contributed by atoms with Gasteiger partial charge in [0.05, 0.1) is 19.4 Å². The standard InChI is InChI=1S/C14H19N5O3S/c1-9(20)17-5-10-3-4-12(22-10)11-7-23-14(19-11)18-8-16-6-13(15)21-2/h3-4,7-8,13H,5-6,15H2,1-2H3,(H,17,20)(H,16,18,19). The average molecular weight is 337 g/mol. The van der Waals surface area contributed by atoms with Crippen LogP contribution in [0.15, 0.2) is 26.9 Å². The van der Waals surface area contributed by atoms with Crippen LogP contribution in [0.5, 0.6) is 0 Å². The molecule has 4 N–H and O–H groups in total. The predicted octanol–water partition coefficient (Wildman–Crippen LogP) is 1.22. The SMILES string of the molecule is COC(N)CNC=Nc1nc(-c2ccc(CNC(C)=O)o2)cs1. The molecule has 0 spiro atoms. The highest BCUT2D eigenvalue weighted by Gasteiger charge is 2.09. The highest BCUT2D eigenvalue weighted by Crippen LogP contribution is 2.27. The van der Waals surface area contributed by atoms with Gasteiger partial charge in [-0.2, -0.15) is 0 Å². The van der Waals surface area contributed by atoms with Crippen LogP contribution in [0.1, 0.15) is 12.7 Å². The number of ether oxygens (including phenoxy) is 1. The van der Waals surface area contributed by atoms with Gasteiger partial charge in [0.2, 0.25) is 11.0 Å². The third kappa shape index (κ3) is 5.47. The maximum absolute atomic E-state index is 10.9. The fourth-order valence-electron chi connectivity index (χ4n) is 1.61. The van der Waals surface area contributed by atoms with Gasteiger partial charge in [0.15, 0.2) is 5.76 Å². The second-order valence-corrected chi connectivity index (χ2v) is 5.47. The van der Waals surface area contributed by atoms with E-state index in [0.29, 0.717) is 35.4 Å². The molecule has 0 saturated carbocycles. The van der Waals surface area contributed by atoms with Crippen molar-refractivity contribution in [2.75, 3.05) is 13.7 Å². The van der Waals surface area contributed by atoms with Crippen molar-refractivity contribution in [2.45, 2.75) is 19.7 Å². The third-order valence-corrected chi connectivity index (χ3v) is 3.55. The summed E-state index contributed by atoms with van der Waals surface area (Å²) in [6, 6.07) is 3.62. The van der Waals surface area contributed by atoms with Crippen LogP contribution in [0, 0.1) is 0 Å². The fourth-order valence-corrected chi connectivity index (χ4v) is 2.26. The van der Waals surface area contributed by atoms with Crippen molar-refractivity contribution in [3.63, 3.8) is 0 Å². The summed E-state index contributed by atoms with van der Waals surface area (Å²) in [5.41, 5.74) is 6.28. The van der Waals surface area contributed by atoms with Crippen LogP contribution < -0.4 is 16.4 Å². The fraction of sp³-hybridized carbons (Fsp3) is 0.357. The van der Waals surface area contributed by atoms with Crippen LogP contribution in [-0.2, 0) is 16.1 Å². The molecule has 8 nitrogen and oxygen atoms in total. The molecule has 2 heterocycles. The minimum atomic E-state index is -0.376. The van der Waals surface area contributed by atoms with Crippen LogP contribution in [0.3, 0.4) is 0 Å². The highest BCUT2D eigenvalue weighted by atomic mass is 32.1. The number of thiazole rings is 1. The number of nitrogens with two attached hydrogens (primary N) is 1. The molecule has 0 saturated heterocycles. The summed E-state index contributed by atoms with van der Waals surface area (Å²) in [4.78, 5) is 19.4. The number of furan rings is 1. The zero-order chi connectivity index (χ0) is 16.7. The van der Waals surface area contributed by atoms with Gasteiger partial charge in [-0.3, -0.25) is 4.79 Å². The molecular weight excluding hydrogens is 318 g/mol. The van der Waals surface area contributed by atoms with E-state index in [1.807, 2.05) is 11.4 Å². The first-order chi connectivity index (χ1) is 11.1. The highest BCUT2D eigenvalue weighted by molar-refractivity contribution is 7.13. The van der Waals surface area contributed by atoms with Gasteiger partial charge >= 0.3 is 0 Å². The number of rotatable bonds is 8. The Bertz CT molecular complexity index is 667. The molecule has 2 aromatic heterocycles. The number of carbonyl (C=O) groups excluding carboxylic acids is 1. The summed E-state index contributed by atoms with van der Waals surface area (Å²) in [6.07, 6.45) is 1.16. The molecule has 23 heavy (non-hydrogen) atoms. The van der Waals surface area contributed by atoms with E-state index in [2.05, 4.69) is 20.6 Å². The number of methoxy groups -OCH3 is 1. The lowest BCUT2D eigenvalue weighted by Crippen LogP contribution is -2.34. The number of aliphatic imine (C=N–C) groups is 1. The maximum atomic E-state index is 10.9. The largest absolute Gasteiger partial charge is 0.458 e. The minimum Gasteiger partial charge on any atom is -0.458 e. The molecule has 0 aromatic carbocycles. The smallest absolute Gasteiger partial charge is 0.217 e. The van der Waals surface area contributed by atoms with Crippen molar-refractivity contribution < 1.29 is 13.9 Å². The van der Waals surface area contributed by atoms with Crippen molar-refractivity contribution in [2.24, 2.45) is 10.7 Å². The average Bonchev–Trinajstić information content (AvgIpc) is 3.18. The first kappa shape index (κ1) is 17.1. The summed E-state index contributed by atoms with van der Waals surface area (Å²) in [6.45, 7) is 2.28. The lowest BCUT2D eigenvalue weighted by Gasteiger charge is -2.07. The zero-order valence-corrected chi connectivity index (χ0v) is 13.7. The number of nitrogens with zero attached hydrogens (tertiary/aromatic N) is 2. The first-order valence-corrected chi connectivity index (χ1v) is 7.80. The Morgan fingerprint density at radius 2 is 2.43 bits per heavy atom. The van der Waals surface area contributed by atoms with Gasteiger partial charge in [0.1, 0.15) is 17.7 Å². The van der Waals surface area contributed by atoms with Crippen molar-refractivity contribution >= 4 is 28.7 Å². The summed E-state index contributed by atoms with van der Waals surface area (Å²) in [7, 11) is 1.54. The number of aromatic nitrogens is 1. The number of hydrogen-bond acceptors (Lipinski definition) is 7. The van der Waals surface area contributed by atoms with Gasteiger partial charge in [0.25, 0.3) is 0 Å². The van der Waals surface area contributed by atoms with Gasteiger partial charge in [0, 0.05) is 19.4 Å². The summed E-state index contributed by atoms with van der Waals surface area (Å²) in [5.74, 6) is 1.20. The van der Waals surface area contributed by atoms with Crippen LogP contribution in [0.4, 0.5) is 5.13 Å². The minimum absolute atomic E-state index is 0.103. The molecule has 2 aromatic rings. The monoisotopic (exact) mass is 337 g/mol. The zero-order valence-electron chi connectivity index (χ0n) is 12.9. The molecule has 124 valence electrons.